The van der Waals surface area contributed by atoms with Crippen LogP contribution in [0, 0.1) is 0 Å². The summed E-state index contributed by atoms with van der Waals surface area (Å²) in [7, 11) is -3.06. The van der Waals surface area contributed by atoms with Gasteiger partial charge in [0.05, 0.1) is 5.75 Å². The van der Waals surface area contributed by atoms with E-state index in [4.69, 9.17) is 0 Å². The van der Waals surface area contributed by atoms with Crippen molar-refractivity contribution in [2.75, 3.05) is 31.9 Å². The largest absolute Gasteiger partial charge is 0.314 e. The highest BCUT2D eigenvalue weighted by molar-refractivity contribution is 7.89. The summed E-state index contributed by atoms with van der Waals surface area (Å²) in [6.07, 6.45) is 1.43. The molecule has 4 nitrogen and oxygen atoms in total. The van der Waals surface area contributed by atoms with Crippen molar-refractivity contribution in [2.24, 2.45) is 0 Å². The normalized spacial score (nSPS) is 20.7. The molecule has 0 amide bonds. The van der Waals surface area contributed by atoms with Gasteiger partial charge in [0, 0.05) is 26.2 Å². The molecule has 0 atom stereocenters. The molecule has 0 unspecified atom stereocenters. The number of rotatable bonds is 3. The van der Waals surface area contributed by atoms with Crippen LogP contribution >= 0.6 is 0 Å². The van der Waals surface area contributed by atoms with E-state index in [0.29, 0.717) is 13.1 Å². The summed E-state index contributed by atoms with van der Waals surface area (Å²) in [4.78, 5) is 0. The van der Waals surface area contributed by atoms with Gasteiger partial charge in [0.1, 0.15) is 0 Å². The van der Waals surface area contributed by atoms with E-state index in [-0.39, 0.29) is 5.75 Å². The summed E-state index contributed by atoms with van der Waals surface area (Å²) in [5.41, 5.74) is 0. The number of hydrogen-bond donors (Lipinski definition) is 1. The zero-order valence-corrected chi connectivity index (χ0v) is 7.81. The summed E-state index contributed by atoms with van der Waals surface area (Å²) in [5.74, 6) is 0.0486. The predicted molar refractivity (Wildman–Crippen MR) is 48.4 cm³/mol. The van der Waals surface area contributed by atoms with Crippen molar-refractivity contribution in [3.63, 3.8) is 0 Å². The van der Waals surface area contributed by atoms with E-state index in [1.165, 1.54) is 10.4 Å². The van der Waals surface area contributed by atoms with Gasteiger partial charge >= 0.3 is 0 Å². The van der Waals surface area contributed by atoms with Crippen molar-refractivity contribution in [3.05, 3.63) is 12.7 Å². The molecule has 1 rings (SSSR count). The molecule has 0 radical (unpaired) electrons. The molecule has 1 heterocycles. The first-order chi connectivity index (χ1) is 5.67. The number of hydrogen-bond acceptors (Lipinski definition) is 3. The van der Waals surface area contributed by atoms with Crippen LogP contribution in [0.4, 0.5) is 0 Å². The molecule has 0 aromatic heterocycles. The Hall–Kier alpha value is -0.390. The lowest BCUT2D eigenvalue weighted by molar-refractivity contribution is 0.361. The zero-order chi connectivity index (χ0) is 9.03. The van der Waals surface area contributed by atoms with Gasteiger partial charge in [-0.2, -0.15) is 4.31 Å². The molecular formula is C7H14N2O2S. The predicted octanol–water partition coefficient (Wildman–Crippen LogP) is -0.593. The highest BCUT2D eigenvalue weighted by Crippen LogP contribution is 2.02. The molecule has 0 aromatic carbocycles. The Morgan fingerprint density at radius 3 is 2.50 bits per heavy atom. The first-order valence-electron chi connectivity index (χ1n) is 3.96. The lowest BCUT2D eigenvalue weighted by atomic mass is 10.4. The van der Waals surface area contributed by atoms with Crippen LogP contribution in [0.15, 0.2) is 12.7 Å². The van der Waals surface area contributed by atoms with E-state index in [9.17, 15) is 8.42 Å². The quantitative estimate of drug-likeness (QED) is 0.605. The van der Waals surface area contributed by atoms with Gasteiger partial charge in [0.15, 0.2) is 0 Å². The molecule has 70 valence electrons. The minimum Gasteiger partial charge on any atom is -0.314 e. The van der Waals surface area contributed by atoms with E-state index in [1.54, 1.807) is 0 Å². The standard InChI is InChI=1S/C7H14N2O2S/c1-2-7-12(10,11)9-5-3-8-4-6-9/h2,8H,1,3-7H2. The smallest absolute Gasteiger partial charge is 0.217 e. The van der Waals surface area contributed by atoms with Crippen LogP contribution in [0.25, 0.3) is 0 Å². The van der Waals surface area contributed by atoms with Gasteiger partial charge in [-0.05, 0) is 0 Å². The number of sulfonamides is 1. The van der Waals surface area contributed by atoms with Crippen LogP contribution in [-0.2, 0) is 10.0 Å². The summed E-state index contributed by atoms with van der Waals surface area (Å²) in [6.45, 7) is 6.07. The first kappa shape index (κ1) is 9.70. The number of nitrogens with one attached hydrogen (secondary N) is 1. The van der Waals surface area contributed by atoms with Crippen molar-refractivity contribution in [1.29, 1.82) is 0 Å². The average molecular weight is 190 g/mol. The van der Waals surface area contributed by atoms with Crippen molar-refractivity contribution >= 4 is 10.0 Å². The molecular weight excluding hydrogens is 176 g/mol. The van der Waals surface area contributed by atoms with E-state index in [0.717, 1.165) is 13.1 Å². The van der Waals surface area contributed by atoms with Crippen LogP contribution < -0.4 is 5.32 Å². The topological polar surface area (TPSA) is 49.4 Å². The van der Waals surface area contributed by atoms with Crippen LogP contribution in [0.1, 0.15) is 0 Å². The van der Waals surface area contributed by atoms with Gasteiger partial charge in [-0.25, -0.2) is 8.42 Å². The second kappa shape index (κ2) is 4.02. The zero-order valence-electron chi connectivity index (χ0n) is 6.99. The molecule has 0 aliphatic carbocycles. The molecule has 5 heteroatoms. The molecule has 1 fully saturated rings. The van der Waals surface area contributed by atoms with Crippen molar-refractivity contribution in [1.82, 2.24) is 9.62 Å². The third-order valence-corrected chi connectivity index (χ3v) is 3.61. The maximum absolute atomic E-state index is 11.4. The Labute approximate surface area is 73.3 Å². The van der Waals surface area contributed by atoms with E-state index in [1.807, 2.05) is 0 Å². The Bertz CT molecular complexity index is 242. The van der Waals surface area contributed by atoms with Crippen LogP contribution in [0.3, 0.4) is 0 Å². The lowest BCUT2D eigenvalue weighted by Crippen LogP contribution is -2.46. The Morgan fingerprint density at radius 2 is 2.00 bits per heavy atom. The van der Waals surface area contributed by atoms with Crippen LogP contribution in [0.2, 0.25) is 0 Å². The van der Waals surface area contributed by atoms with E-state index < -0.39 is 10.0 Å². The van der Waals surface area contributed by atoms with Gasteiger partial charge in [0.25, 0.3) is 0 Å². The minimum absolute atomic E-state index is 0.0486. The molecule has 1 aliphatic rings. The van der Waals surface area contributed by atoms with Gasteiger partial charge in [-0.15, -0.1) is 6.58 Å². The maximum Gasteiger partial charge on any atom is 0.217 e. The number of nitrogens with zero attached hydrogens (tertiary/aromatic N) is 1. The highest BCUT2D eigenvalue weighted by atomic mass is 32.2. The van der Waals surface area contributed by atoms with Gasteiger partial charge in [-0.1, -0.05) is 6.08 Å². The lowest BCUT2D eigenvalue weighted by Gasteiger charge is -2.25. The van der Waals surface area contributed by atoms with Gasteiger partial charge in [-0.3, -0.25) is 0 Å². The molecule has 1 N–H and O–H groups in total. The third kappa shape index (κ3) is 2.30. The average Bonchev–Trinajstić information content (AvgIpc) is 2.06. The molecule has 0 spiro atoms. The summed E-state index contributed by atoms with van der Waals surface area (Å²) < 4.78 is 24.3. The molecule has 1 saturated heterocycles. The first-order valence-corrected chi connectivity index (χ1v) is 5.57. The minimum atomic E-state index is -3.06. The molecule has 0 bridgehead atoms. The van der Waals surface area contributed by atoms with Crippen LogP contribution in [-0.4, -0.2) is 44.7 Å². The molecule has 12 heavy (non-hydrogen) atoms. The second-order valence-electron chi connectivity index (χ2n) is 2.72. The molecule has 0 aromatic rings. The maximum atomic E-state index is 11.4. The molecule has 0 saturated carbocycles. The SMILES string of the molecule is C=CCS(=O)(=O)N1CCNCC1. The van der Waals surface area contributed by atoms with Crippen molar-refractivity contribution in [2.45, 2.75) is 0 Å². The summed E-state index contributed by atoms with van der Waals surface area (Å²) >= 11 is 0. The fraction of sp³-hybridized carbons (Fsp3) is 0.714. The highest BCUT2D eigenvalue weighted by Gasteiger charge is 2.21. The van der Waals surface area contributed by atoms with Gasteiger partial charge in [0.2, 0.25) is 10.0 Å². The second-order valence-corrected chi connectivity index (χ2v) is 4.73. The number of piperazine rings is 1. The fourth-order valence-corrected chi connectivity index (χ4v) is 2.42. The van der Waals surface area contributed by atoms with E-state index >= 15 is 0 Å². The Balaban J connectivity index is 2.60. The monoisotopic (exact) mass is 190 g/mol. The van der Waals surface area contributed by atoms with Gasteiger partial charge < -0.3 is 5.32 Å². The van der Waals surface area contributed by atoms with Crippen molar-refractivity contribution in [3.8, 4) is 0 Å². The van der Waals surface area contributed by atoms with Crippen molar-refractivity contribution < 1.29 is 8.42 Å². The fourth-order valence-electron chi connectivity index (χ4n) is 1.18. The third-order valence-electron chi connectivity index (χ3n) is 1.80. The van der Waals surface area contributed by atoms with Crippen LogP contribution in [0.5, 0.6) is 0 Å². The Kier molecular flexibility index (Phi) is 3.25. The van der Waals surface area contributed by atoms with E-state index in [2.05, 4.69) is 11.9 Å². The molecule has 1 aliphatic heterocycles. The summed E-state index contributed by atoms with van der Waals surface area (Å²) in [5, 5.41) is 3.10. The Morgan fingerprint density at radius 1 is 1.42 bits per heavy atom. The summed E-state index contributed by atoms with van der Waals surface area (Å²) in [6, 6.07) is 0.